The van der Waals surface area contributed by atoms with Crippen molar-refractivity contribution in [3.63, 3.8) is 0 Å². The number of carbonyl (C=O) groups is 2. The number of carbonyl (C=O) groups excluding carboxylic acids is 2. The Hall–Kier alpha value is -3.21. The predicted octanol–water partition coefficient (Wildman–Crippen LogP) is 1.77. The number of aromatic nitrogens is 3. The van der Waals surface area contributed by atoms with Crippen molar-refractivity contribution >= 4 is 28.6 Å². The maximum atomic E-state index is 12.3. The van der Waals surface area contributed by atoms with Gasteiger partial charge in [0.1, 0.15) is 5.69 Å². The summed E-state index contributed by atoms with van der Waals surface area (Å²) in [4.78, 5) is 37.7. The molecule has 134 valence electrons. The Labute approximate surface area is 152 Å². The van der Waals surface area contributed by atoms with E-state index >= 15 is 0 Å². The van der Waals surface area contributed by atoms with Gasteiger partial charge in [0.25, 0.3) is 16.8 Å². The zero-order chi connectivity index (χ0) is 18.8. The minimum Gasteiger partial charge on any atom is -0.382 e. The molecule has 1 aromatic heterocycles. The molecule has 0 atom stereocenters. The fourth-order valence-electron chi connectivity index (χ4n) is 2.25. The standard InChI is InChI=1S/C15H14N6O4S/c1-18(2)9-13-14(22)19(15(23)26-13)7-10-8-20(17-16-10)11-3-5-12(6-4-11)21(24)25/h3-6,8-9H,7H2,1-2H3/b13-9-. The molecule has 2 amide bonds. The van der Waals surface area contributed by atoms with Crippen LogP contribution < -0.4 is 0 Å². The first-order valence-electron chi connectivity index (χ1n) is 7.43. The molecule has 0 N–H and O–H groups in total. The van der Waals surface area contributed by atoms with Crippen LogP contribution in [0.1, 0.15) is 5.69 Å². The summed E-state index contributed by atoms with van der Waals surface area (Å²) in [6.45, 7) is 0.00240. The van der Waals surface area contributed by atoms with E-state index in [1.807, 2.05) is 0 Å². The molecule has 0 spiro atoms. The summed E-state index contributed by atoms with van der Waals surface area (Å²) < 4.78 is 1.42. The minimum atomic E-state index is -0.488. The highest BCUT2D eigenvalue weighted by Crippen LogP contribution is 2.31. The normalized spacial score (nSPS) is 15.8. The topological polar surface area (TPSA) is 114 Å². The third-order valence-electron chi connectivity index (χ3n) is 3.44. The van der Waals surface area contributed by atoms with E-state index in [2.05, 4.69) is 10.3 Å². The zero-order valence-electron chi connectivity index (χ0n) is 13.9. The van der Waals surface area contributed by atoms with Crippen LogP contribution >= 0.6 is 11.8 Å². The summed E-state index contributed by atoms with van der Waals surface area (Å²) in [6.07, 6.45) is 3.17. The van der Waals surface area contributed by atoms with Crippen LogP contribution in [0.25, 0.3) is 5.69 Å². The van der Waals surface area contributed by atoms with E-state index in [1.165, 1.54) is 28.9 Å². The molecule has 1 aromatic carbocycles. The number of amides is 2. The van der Waals surface area contributed by atoms with Crippen LogP contribution in [0.4, 0.5) is 10.5 Å². The van der Waals surface area contributed by atoms with Crippen LogP contribution in [0, 0.1) is 10.1 Å². The van der Waals surface area contributed by atoms with Crippen LogP contribution in [0.5, 0.6) is 0 Å². The van der Waals surface area contributed by atoms with Gasteiger partial charge in [-0.3, -0.25) is 24.6 Å². The molecule has 10 nitrogen and oxygen atoms in total. The molecule has 1 aliphatic heterocycles. The van der Waals surface area contributed by atoms with Crippen LogP contribution in [0.2, 0.25) is 0 Å². The van der Waals surface area contributed by atoms with Crippen molar-refractivity contribution in [1.29, 1.82) is 0 Å². The van der Waals surface area contributed by atoms with Gasteiger partial charge in [0, 0.05) is 32.4 Å². The molecular weight excluding hydrogens is 360 g/mol. The molecule has 3 rings (SSSR count). The second kappa shape index (κ2) is 6.96. The Kier molecular flexibility index (Phi) is 4.71. The van der Waals surface area contributed by atoms with Gasteiger partial charge in [-0.2, -0.15) is 0 Å². The molecule has 0 saturated carbocycles. The number of thioether (sulfide) groups is 1. The Morgan fingerprint density at radius 1 is 1.27 bits per heavy atom. The maximum absolute atomic E-state index is 12.3. The number of nitro groups is 1. The molecule has 11 heteroatoms. The van der Waals surface area contributed by atoms with E-state index in [9.17, 15) is 19.7 Å². The van der Waals surface area contributed by atoms with Crippen LogP contribution in [-0.4, -0.2) is 55.0 Å². The van der Waals surface area contributed by atoms with Crippen molar-refractivity contribution in [3.05, 3.63) is 57.4 Å². The molecule has 1 aliphatic rings. The lowest BCUT2D eigenvalue weighted by Crippen LogP contribution is -2.28. The molecule has 0 unspecified atom stereocenters. The number of hydrogen-bond acceptors (Lipinski definition) is 8. The van der Waals surface area contributed by atoms with E-state index in [0.717, 1.165) is 16.7 Å². The van der Waals surface area contributed by atoms with Crippen molar-refractivity contribution in [2.75, 3.05) is 14.1 Å². The van der Waals surface area contributed by atoms with Crippen molar-refractivity contribution in [2.24, 2.45) is 0 Å². The first kappa shape index (κ1) is 17.6. The quantitative estimate of drug-likeness (QED) is 0.442. The summed E-state index contributed by atoms with van der Waals surface area (Å²) in [7, 11) is 3.54. The van der Waals surface area contributed by atoms with Gasteiger partial charge in [0.15, 0.2) is 0 Å². The van der Waals surface area contributed by atoms with Crippen LogP contribution in [-0.2, 0) is 11.3 Å². The lowest BCUT2D eigenvalue weighted by molar-refractivity contribution is -0.384. The van der Waals surface area contributed by atoms with E-state index in [0.29, 0.717) is 16.3 Å². The minimum absolute atomic E-state index is 0.00240. The molecule has 0 aliphatic carbocycles. The van der Waals surface area contributed by atoms with Gasteiger partial charge in [-0.25, -0.2) is 4.68 Å². The van der Waals surface area contributed by atoms with Crippen molar-refractivity contribution < 1.29 is 14.5 Å². The number of rotatable bonds is 5. The van der Waals surface area contributed by atoms with E-state index in [4.69, 9.17) is 0 Å². The number of nitrogens with zero attached hydrogens (tertiary/aromatic N) is 6. The Morgan fingerprint density at radius 3 is 2.58 bits per heavy atom. The van der Waals surface area contributed by atoms with E-state index in [-0.39, 0.29) is 23.4 Å². The highest BCUT2D eigenvalue weighted by Gasteiger charge is 2.35. The molecule has 0 radical (unpaired) electrons. The molecule has 2 aromatic rings. The van der Waals surface area contributed by atoms with Gasteiger partial charge >= 0.3 is 0 Å². The molecule has 0 bridgehead atoms. The van der Waals surface area contributed by atoms with Gasteiger partial charge < -0.3 is 4.90 Å². The van der Waals surface area contributed by atoms with Gasteiger partial charge in [-0.05, 0) is 23.9 Å². The highest BCUT2D eigenvalue weighted by molar-refractivity contribution is 8.18. The van der Waals surface area contributed by atoms with E-state index in [1.54, 1.807) is 31.4 Å². The first-order valence-corrected chi connectivity index (χ1v) is 8.25. The average molecular weight is 374 g/mol. The number of hydrogen-bond donors (Lipinski definition) is 0. The van der Waals surface area contributed by atoms with E-state index < -0.39 is 4.92 Å². The lowest BCUT2D eigenvalue weighted by Gasteiger charge is -2.10. The largest absolute Gasteiger partial charge is 0.382 e. The van der Waals surface area contributed by atoms with Crippen molar-refractivity contribution in [1.82, 2.24) is 24.8 Å². The zero-order valence-corrected chi connectivity index (χ0v) is 14.7. The van der Waals surface area contributed by atoms with Gasteiger partial charge in [-0.15, -0.1) is 5.10 Å². The second-order valence-electron chi connectivity index (χ2n) is 5.64. The third kappa shape index (κ3) is 3.57. The average Bonchev–Trinajstić information content (AvgIpc) is 3.15. The molecular formula is C15H14N6O4S. The van der Waals surface area contributed by atoms with Crippen molar-refractivity contribution in [3.8, 4) is 5.69 Å². The molecule has 1 saturated heterocycles. The summed E-state index contributed by atoms with van der Waals surface area (Å²) in [5.74, 6) is -0.376. The van der Waals surface area contributed by atoms with Crippen LogP contribution in [0.3, 0.4) is 0 Å². The maximum Gasteiger partial charge on any atom is 0.293 e. The SMILES string of the molecule is CN(C)/C=C1\SC(=O)N(Cc2cn(-c3ccc([N+](=O)[O-])cc3)nn2)C1=O. The number of imide groups is 1. The second-order valence-corrected chi connectivity index (χ2v) is 6.64. The highest BCUT2D eigenvalue weighted by atomic mass is 32.2. The number of benzene rings is 1. The summed E-state index contributed by atoms with van der Waals surface area (Å²) in [6, 6.07) is 5.80. The van der Waals surface area contributed by atoms with Gasteiger partial charge in [0.2, 0.25) is 0 Å². The Bertz CT molecular complexity index is 905. The van der Waals surface area contributed by atoms with Gasteiger partial charge in [-0.1, -0.05) is 5.21 Å². The lowest BCUT2D eigenvalue weighted by atomic mass is 10.3. The molecule has 2 heterocycles. The Morgan fingerprint density at radius 2 is 1.96 bits per heavy atom. The number of non-ortho nitro benzene ring substituents is 1. The summed E-state index contributed by atoms with van der Waals surface area (Å²) >= 11 is 0.875. The third-order valence-corrected chi connectivity index (χ3v) is 4.33. The first-order chi connectivity index (χ1) is 12.3. The van der Waals surface area contributed by atoms with Crippen molar-refractivity contribution in [2.45, 2.75) is 6.54 Å². The molecule has 1 fully saturated rings. The van der Waals surface area contributed by atoms with Crippen LogP contribution in [0.15, 0.2) is 41.6 Å². The monoisotopic (exact) mass is 374 g/mol. The fourth-order valence-corrected chi connectivity index (χ4v) is 3.15. The summed E-state index contributed by atoms with van der Waals surface area (Å²) in [5.41, 5.74) is 0.979. The Balaban J connectivity index is 1.75. The predicted molar refractivity (Wildman–Crippen MR) is 93.3 cm³/mol. The number of nitro benzene ring substituents is 1. The summed E-state index contributed by atoms with van der Waals surface area (Å²) in [5, 5.41) is 18.2. The molecule has 26 heavy (non-hydrogen) atoms. The fraction of sp³-hybridized carbons (Fsp3) is 0.200. The van der Waals surface area contributed by atoms with Gasteiger partial charge in [0.05, 0.1) is 28.3 Å². The smallest absolute Gasteiger partial charge is 0.293 e.